The Morgan fingerprint density at radius 3 is 2.39 bits per heavy atom. The molecule has 1 aromatic rings. The summed E-state index contributed by atoms with van der Waals surface area (Å²) < 4.78 is 23.9. The molecule has 6 heteroatoms. The average Bonchev–Trinajstić information content (AvgIpc) is 2.54. The predicted octanol–water partition coefficient (Wildman–Crippen LogP) is 2.49. The van der Waals surface area contributed by atoms with Gasteiger partial charge in [0.05, 0.1) is 18.2 Å². The number of guanidine groups is 1. The first-order valence-electron chi connectivity index (χ1n) is 7.77. The van der Waals surface area contributed by atoms with Gasteiger partial charge in [0.2, 0.25) is 0 Å². The Hall–Kier alpha value is -1.66. The molecular formula is C17H28FN3O2. The van der Waals surface area contributed by atoms with Crippen molar-refractivity contribution in [1.29, 1.82) is 0 Å². The number of benzene rings is 1. The number of nitrogens with one attached hydrogen (secondary N) is 2. The number of aliphatic imine (C=N–C) groups is 1. The predicted molar refractivity (Wildman–Crippen MR) is 91.2 cm³/mol. The van der Waals surface area contributed by atoms with Crippen molar-refractivity contribution >= 4 is 5.96 Å². The third kappa shape index (κ3) is 6.97. The van der Waals surface area contributed by atoms with Gasteiger partial charge in [0, 0.05) is 27.3 Å². The van der Waals surface area contributed by atoms with Crippen molar-refractivity contribution in [3.8, 4) is 0 Å². The summed E-state index contributed by atoms with van der Waals surface area (Å²) in [6, 6.07) is 6.32. The third-order valence-electron chi connectivity index (χ3n) is 3.50. The lowest BCUT2D eigenvalue weighted by Crippen LogP contribution is -2.41. The van der Waals surface area contributed by atoms with Crippen LogP contribution in [0.4, 0.5) is 4.39 Å². The van der Waals surface area contributed by atoms with Crippen LogP contribution in [0, 0.1) is 5.82 Å². The topological polar surface area (TPSA) is 54.9 Å². The van der Waals surface area contributed by atoms with E-state index in [-0.39, 0.29) is 17.5 Å². The van der Waals surface area contributed by atoms with Crippen LogP contribution < -0.4 is 10.6 Å². The number of hydrogen-bond acceptors (Lipinski definition) is 3. The first kappa shape index (κ1) is 19.4. The lowest BCUT2D eigenvalue weighted by Gasteiger charge is -2.22. The van der Waals surface area contributed by atoms with Crippen LogP contribution in [-0.2, 0) is 9.47 Å². The van der Waals surface area contributed by atoms with Crippen LogP contribution in [0.25, 0.3) is 0 Å². The maximum absolute atomic E-state index is 13.0. The van der Waals surface area contributed by atoms with E-state index in [1.165, 1.54) is 12.1 Å². The fraction of sp³-hybridized carbons (Fsp3) is 0.588. The molecular weight excluding hydrogens is 297 g/mol. The van der Waals surface area contributed by atoms with Gasteiger partial charge in [-0.05, 0) is 38.5 Å². The zero-order valence-electron chi connectivity index (χ0n) is 14.6. The van der Waals surface area contributed by atoms with E-state index in [0.717, 1.165) is 12.1 Å². The number of methoxy groups -OCH3 is 2. The van der Waals surface area contributed by atoms with E-state index in [0.29, 0.717) is 19.0 Å². The van der Waals surface area contributed by atoms with Crippen molar-refractivity contribution in [2.75, 3.05) is 33.9 Å². The van der Waals surface area contributed by atoms with E-state index in [9.17, 15) is 4.39 Å². The fourth-order valence-corrected chi connectivity index (χ4v) is 1.88. The second kappa shape index (κ2) is 9.47. The van der Waals surface area contributed by atoms with E-state index < -0.39 is 0 Å². The molecule has 0 radical (unpaired) electrons. The van der Waals surface area contributed by atoms with Crippen LogP contribution in [0.1, 0.15) is 32.4 Å². The lowest BCUT2D eigenvalue weighted by atomic mass is 10.1. The number of nitrogens with zero attached hydrogens (tertiary/aromatic N) is 1. The molecule has 0 aromatic heterocycles. The van der Waals surface area contributed by atoms with Gasteiger partial charge >= 0.3 is 0 Å². The molecule has 23 heavy (non-hydrogen) atoms. The standard InChI is InChI=1S/C17H28FN3O2/c1-6-19-16(21-12-17(2,3)23-5)20-11-15(22-4)13-7-9-14(18)10-8-13/h7-10,15H,6,11-12H2,1-5H3,(H2,19,20,21). The SMILES string of the molecule is CCNC(=NCC(C)(C)OC)NCC(OC)c1ccc(F)cc1. The van der Waals surface area contributed by atoms with E-state index in [1.54, 1.807) is 26.4 Å². The van der Waals surface area contributed by atoms with Crippen molar-refractivity contribution in [1.82, 2.24) is 10.6 Å². The molecule has 1 unspecified atom stereocenters. The second-order valence-electron chi connectivity index (χ2n) is 5.82. The molecule has 1 atom stereocenters. The van der Waals surface area contributed by atoms with Crippen molar-refractivity contribution < 1.29 is 13.9 Å². The van der Waals surface area contributed by atoms with Gasteiger partial charge in [0.1, 0.15) is 5.82 Å². The van der Waals surface area contributed by atoms with Gasteiger partial charge in [0.15, 0.2) is 5.96 Å². The Morgan fingerprint density at radius 1 is 1.22 bits per heavy atom. The summed E-state index contributed by atoms with van der Waals surface area (Å²) in [6.45, 7) is 7.79. The molecule has 0 heterocycles. The molecule has 0 bridgehead atoms. The molecule has 0 fully saturated rings. The van der Waals surface area contributed by atoms with Gasteiger partial charge in [-0.2, -0.15) is 0 Å². The molecule has 0 spiro atoms. The maximum Gasteiger partial charge on any atom is 0.191 e. The Labute approximate surface area is 138 Å². The summed E-state index contributed by atoms with van der Waals surface area (Å²) in [5, 5.41) is 6.43. The van der Waals surface area contributed by atoms with Crippen molar-refractivity contribution in [2.24, 2.45) is 4.99 Å². The molecule has 0 amide bonds. The van der Waals surface area contributed by atoms with E-state index in [4.69, 9.17) is 9.47 Å². The van der Waals surface area contributed by atoms with Gasteiger partial charge < -0.3 is 20.1 Å². The van der Waals surface area contributed by atoms with Gasteiger partial charge in [-0.3, -0.25) is 4.99 Å². The smallest absolute Gasteiger partial charge is 0.191 e. The minimum Gasteiger partial charge on any atom is -0.377 e. The highest BCUT2D eigenvalue weighted by Crippen LogP contribution is 2.16. The summed E-state index contributed by atoms with van der Waals surface area (Å²) in [7, 11) is 3.30. The largest absolute Gasteiger partial charge is 0.377 e. The van der Waals surface area contributed by atoms with Crippen LogP contribution >= 0.6 is 0 Å². The highest BCUT2D eigenvalue weighted by molar-refractivity contribution is 5.79. The number of ether oxygens (including phenoxy) is 2. The second-order valence-corrected chi connectivity index (χ2v) is 5.82. The molecule has 1 aromatic carbocycles. The monoisotopic (exact) mass is 325 g/mol. The van der Waals surface area contributed by atoms with Crippen LogP contribution in [0.3, 0.4) is 0 Å². The van der Waals surface area contributed by atoms with Crippen molar-refractivity contribution in [3.05, 3.63) is 35.6 Å². The normalized spacial score (nSPS) is 13.7. The molecule has 130 valence electrons. The van der Waals surface area contributed by atoms with Gasteiger partial charge in [-0.15, -0.1) is 0 Å². The van der Waals surface area contributed by atoms with Crippen molar-refractivity contribution in [2.45, 2.75) is 32.5 Å². The first-order valence-corrected chi connectivity index (χ1v) is 7.77. The molecule has 0 saturated carbocycles. The number of halogens is 1. The Morgan fingerprint density at radius 2 is 1.87 bits per heavy atom. The summed E-state index contributed by atoms with van der Waals surface area (Å²) in [5.41, 5.74) is 0.592. The Bertz CT molecular complexity index is 489. The molecule has 1 rings (SSSR count). The van der Waals surface area contributed by atoms with Crippen LogP contribution in [0.5, 0.6) is 0 Å². The summed E-state index contributed by atoms with van der Waals surface area (Å²) in [6.07, 6.45) is -0.185. The van der Waals surface area contributed by atoms with E-state index in [2.05, 4.69) is 15.6 Å². The third-order valence-corrected chi connectivity index (χ3v) is 3.50. The van der Waals surface area contributed by atoms with Crippen LogP contribution in [0.2, 0.25) is 0 Å². The van der Waals surface area contributed by atoms with Crippen LogP contribution in [0.15, 0.2) is 29.3 Å². The summed E-state index contributed by atoms with van der Waals surface area (Å²) >= 11 is 0. The molecule has 0 aliphatic carbocycles. The molecule has 0 aliphatic heterocycles. The quantitative estimate of drug-likeness (QED) is 0.569. The lowest BCUT2D eigenvalue weighted by molar-refractivity contribution is 0.0310. The van der Waals surface area contributed by atoms with Gasteiger partial charge in [0.25, 0.3) is 0 Å². The molecule has 0 aliphatic rings. The minimum atomic E-state index is -0.319. The zero-order valence-corrected chi connectivity index (χ0v) is 14.6. The van der Waals surface area contributed by atoms with Crippen molar-refractivity contribution in [3.63, 3.8) is 0 Å². The van der Waals surface area contributed by atoms with E-state index in [1.807, 2.05) is 20.8 Å². The number of rotatable bonds is 8. The van der Waals surface area contributed by atoms with Crippen LogP contribution in [-0.4, -0.2) is 45.4 Å². The Balaban J connectivity index is 2.68. The highest BCUT2D eigenvalue weighted by Gasteiger charge is 2.16. The van der Waals surface area contributed by atoms with E-state index >= 15 is 0 Å². The zero-order chi connectivity index (χ0) is 17.3. The minimum absolute atomic E-state index is 0.185. The Kier molecular flexibility index (Phi) is 7.98. The molecule has 0 saturated heterocycles. The fourth-order valence-electron chi connectivity index (χ4n) is 1.88. The first-order chi connectivity index (χ1) is 10.9. The number of hydrogen-bond donors (Lipinski definition) is 2. The highest BCUT2D eigenvalue weighted by atomic mass is 19.1. The van der Waals surface area contributed by atoms with Gasteiger partial charge in [-0.1, -0.05) is 12.1 Å². The van der Waals surface area contributed by atoms with Gasteiger partial charge in [-0.25, -0.2) is 4.39 Å². The maximum atomic E-state index is 13.0. The summed E-state index contributed by atoms with van der Waals surface area (Å²) in [4.78, 5) is 4.52. The molecule has 2 N–H and O–H groups in total. The molecule has 5 nitrogen and oxygen atoms in total. The summed E-state index contributed by atoms with van der Waals surface area (Å²) in [5.74, 6) is 0.440. The average molecular weight is 325 g/mol.